The molecule has 0 fully saturated rings. The molecule has 0 atom stereocenters. The summed E-state index contributed by atoms with van der Waals surface area (Å²) in [4.78, 5) is 28.3. The Morgan fingerprint density at radius 1 is 0.778 bits per heavy atom. The van der Waals surface area contributed by atoms with Gasteiger partial charge in [-0.05, 0) is 35.9 Å². The Hall–Kier alpha value is -4.72. The standard InChI is InChI=1S/C28H23N5O3/c1-35-20-13-11-18(12-14-20)15-33-26-24(25-27(33)31-22-9-5-4-8-21(22)30-25)28(34)32(17-29-26)16-19-7-3-6-10-23(19)36-2/h3-14,17H,15-16H2,1-2H3. The summed E-state index contributed by atoms with van der Waals surface area (Å²) in [6, 6.07) is 23.1. The Morgan fingerprint density at radius 2 is 1.50 bits per heavy atom. The molecule has 8 nitrogen and oxygen atoms in total. The predicted octanol–water partition coefficient (Wildman–Crippen LogP) is 4.41. The zero-order valence-electron chi connectivity index (χ0n) is 19.9. The van der Waals surface area contributed by atoms with Crippen molar-refractivity contribution in [1.82, 2.24) is 24.1 Å². The average Bonchev–Trinajstić information content (AvgIpc) is 3.22. The molecule has 0 aliphatic carbocycles. The van der Waals surface area contributed by atoms with Gasteiger partial charge < -0.3 is 14.0 Å². The van der Waals surface area contributed by atoms with Crippen LogP contribution in [0.1, 0.15) is 11.1 Å². The van der Waals surface area contributed by atoms with E-state index in [1.807, 2.05) is 77.4 Å². The van der Waals surface area contributed by atoms with Crippen LogP contribution < -0.4 is 15.0 Å². The van der Waals surface area contributed by atoms with Crippen molar-refractivity contribution in [1.29, 1.82) is 0 Å². The van der Waals surface area contributed by atoms with E-state index >= 15 is 0 Å². The summed E-state index contributed by atoms with van der Waals surface area (Å²) in [5.41, 5.74) is 4.96. The smallest absolute Gasteiger partial charge is 0.265 e. The Balaban J connectivity index is 1.57. The molecular weight excluding hydrogens is 454 g/mol. The topological polar surface area (TPSA) is 84.1 Å². The first-order chi connectivity index (χ1) is 17.7. The SMILES string of the molecule is COc1ccc(Cn2c3nc4ccccc4nc3c3c(=O)n(Cc4ccccc4OC)cnc32)cc1. The van der Waals surface area contributed by atoms with Crippen LogP contribution in [0.2, 0.25) is 0 Å². The third-order valence-corrected chi connectivity index (χ3v) is 6.35. The van der Waals surface area contributed by atoms with E-state index in [2.05, 4.69) is 0 Å². The summed E-state index contributed by atoms with van der Waals surface area (Å²) < 4.78 is 14.3. The van der Waals surface area contributed by atoms with Gasteiger partial charge in [0.05, 0.1) is 38.3 Å². The molecule has 3 aromatic heterocycles. The quantitative estimate of drug-likeness (QED) is 0.353. The highest BCUT2D eigenvalue weighted by molar-refractivity contribution is 6.04. The second-order valence-corrected chi connectivity index (χ2v) is 8.51. The van der Waals surface area contributed by atoms with Crippen LogP contribution in [0.5, 0.6) is 11.5 Å². The molecular formula is C28H23N5O3. The fraction of sp³-hybridized carbons (Fsp3) is 0.143. The number of fused-ring (bicyclic) bond motifs is 4. The molecule has 0 N–H and O–H groups in total. The first-order valence-electron chi connectivity index (χ1n) is 11.5. The number of nitrogens with zero attached hydrogens (tertiary/aromatic N) is 5. The van der Waals surface area contributed by atoms with E-state index in [-0.39, 0.29) is 5.56 Å². The van der Waals surface area contributed by atoms with E-state index in [1.54, 1.807) is 25.1 Å². The molecule has 0 radical (unpaired) electrons. The molecule has 3 heterocycles. The lowest BCUT2D eigenvalue weighted by molar-refractivity contribution is 0.408. The Labute approximate surface area is 206 Å². The lowest BCUT2D eigenvalue weighted by atomic mass is 10.2. The number of hydrogen-bond donors (Lipinski definition) is 0. The van der Waals surface area contributed by atoms with Crippen LogP contribution in [0.4, 0.5) is 0 Å². The molecule has 8 heteroatoms. The van der Waals surface area contributed by atoms with Crippen LogP contribution in [0.25, 0.3) is 33.2 Å². The lowest BCUT2D eigenvalue weighted by Gasteiger charge is -2.10. The molecule has 3 aromatic carbocycles. The van der Waals surface area contributed by atoms with E-state index in [9.17, 15) is 4.79 Å². The minimum absolute atomic E-state index is 0.172. The Bertz CT molecular complexity index is 1790. The molecule has 36 heavy (non-hydrogen) atoms. The average molecular weight is 478 g/mol. The molecule has 0 aliphatic rings. The van der Waals surface area contributed by atoms with E-state index in [1.165, 1.54) is 0 Å². The van der Waals surface area contributed by atoms with Crippen molar-refractivity contribution in [3.8, 4) is 11.5 Å². The Kier molecular flexibility index (Phi) is 5.33. The third kappa shape index (κ3) is 3.63. The second kappa shape index (κ2) is 8.81. The van der Waals surface area contributed by atoms with Crippen LogP contribution in [-0.2, 0) is 13.1 Å². The minimum Gasteiger partial charge on any atom is -0.497 e. The minimum atomic E-state index is -0.172. The molecule has 0 spiro atoms. The van der Waals surface area contributed by atoms with Gasteiger partial charge in [-0.3, -0.25) is 9.36 Å². The number of hydrogen-bond acceptors (Lipinski definition) is 6. The van der Waals surface area contributed by atoms with Crippen molar-refractivity contribution in [2.75, 3.05) is 14.2 Å². The maximum Gasteiger partial charge on any atom is 0.265 e. The number of methoxy groups -OCH3 is 2. The van der Waals surface area contributed by atoms with Crippen molar-refractivity contribution < 1.29 is 9.47 Å². The Morgan fingerprint density at radius 3 is 2.25 bits per heavy atom. The molecule has 0 amide bonds. The van der Waals surface area contributed by atoms with Crippen molar-refractivity contribution in [2.24, 2.45) is 0 Å². The van der Waals surface area contributed by atoms with Gasteiger partial charge >= 0.3 is 0 Å². The molecule has 6 aromatic rings. The van der Waals surface area contributed by atoms with Crippen LogP contribution >= 0.6 is 0 Å². The molecule has 0 aliphatic heterocycles. The zero-order chi connectivity index (χ0) is 24.6. The second-order valence-electron chi connectivity index (χ2n) is 8.51. The van der Waals surface area contributed by atoms with Crippen LogP contribution in [0.3, 0.4) is 0 Å². The van der Waals surface area contributed by atoms with Gasteiger partial charge in [-0.15, -0.1) is 0 Å². The first kappa shape index (κ1) is 21.8. The van der Waals surface area contributed by atoms with Gasteiger partial charge in [-0.25, -0.2) is 15.0 Å². The molecule has 6 rings (SSSR count). The first-order valence-corrected chi connectivity index (χ1v) is 11.5. The van der Waals surface area contributed by atoms with Crippen molar-refractivity contribution in [3.05, 3.63) is 101 Å². The fourth-order valence-electron chi connectivity index (χ4n) is 4.53. The van der Waals surface area contributed by atoms with Crippen LogP contribution in [0.15, 0.2) is 83.9 Å². The van der Waals surface area contributed by atoms with Gasteiger partial charge in [0.1, 0.15) is 28.7 Å². The summed E-state index contributed by atoms with van der Waals surface area (Å²) in [7, 11) is 3.26. The predicted molar refractivity (Wildman–Crippen MR) is 139 cm³/mol. The van der Waals surface area contributed by atoms with Crippen molar-refractivity contribution in [2.45, 2.75) is 13.1 Å². The van der Waals surface area contributed by atoms with Crippen molar-refractivity contribution in [3.63, 3.8) is 0 Å². The van der Waals surface area contributed by atoms with E-state index in [4.69, 9.17) is 24.4 Å². The molecule has 178 valence electrons. The largest absolute Gasteiger partial charge is 0.497 e. The van der Waals surface area contributed by atoms with E-state index in [0.29, 0.717) is 35.3 Å². The maximum absolute atomic E-state index is 13.8. The highest BCUT2D eigenvalue weighted by Gasteiger charge is 2.20. The van der Waals surface area contributed by atoms with Crippen LogP contribution in [0, 0.1) is 0 Å². The molecule has 0 saturated heterocycles. The molecule has 0 saturated carbocycles. The van der Waals surface area contributed by atoms with Gasteiger partial charge in [0.25, 0.3) is 5.56 Å². The van der Waals surface area contributed by atoms with Crippen molar-refractivity contribution >= 4 is 33.2 Å². The number of rotatable bonds is 6. The maximum atomic E-state index is 13.8. The molecule has 0 bridgehead atoms. The monoisotopic (exact) mass is 477 g/mol. The van der Waals surface area contributed by atoms with Gasteiger partial charge in [0.2, 0.25) is 0 Å². The highest BCUT2D eigenvalue weighted by atomic mass is 16.5. The number of para-hydroxylation sites is 3. The van der Waals surface area contributed by atoms with Gasteiger partial charge in [0.15, 0.2) is 11.3 Å². The summed E-state index contributed by atoms with van der Waals surface area (Å²) in [6.45, 7) is 0.817. The van der Waals surface area contributed by atoms with E-state index < -0.39 is 0 Å². The lowest BCUT2D eigenvalue weighted by Crippen LogP contribution is -2.21. The third-order valence-electron chi connectivity index (χ3n) is 6.35. The van der Waals surface area contributed by atoms with Gasteiger partial charge in [0, 0.05) is 5.56 Å². The van der Waals surface area contributed by atoms with E-state index in [0.717, 1.165) is 33.7 Å². The molecule has 0 unspecified atom stereocenters. The number of benzene rings is 3. The van der Waals surface area contributed by atoms with Crippen LogP contribution in [-0.4, -0.2) is 38.3 Å². The summed E-state index contributed by atoms with van der Waals surface area (Å²) in [6.07, 6.45) is 1.58. The fourth-order valence-corrected chi connectivity index (χ4v) is 4.53. The zero-order valence-corrected chi connectivity index (χ0v) is 19.9. The summed E-state index contributed by atoms with van der Waals surface area (Å²) in [5, 5.41) is 0.453. The van der Waals surface area contributed by atoms with Gasteiger partial charge in [-0.2, -0.15) is 0 Å². The number of aromatic nitrogens is 5. The summed E-state index contributed by atoms with van der Waals surface area (Å²) in [5.74, 6) is 1.50. The normalized spacial score (nSPS) is 11.4. The van der Waals surface area contributed by atoms with Gasteiger partial charge in [-0.1, -0.05) is 42.5 Å². The highest BCUT2D eigenvalue weighted by Crippen LogP contribution is 2.27. The number of ether oxygens (including phenoxy) is 2. The summed E-state index contributed by atoms with van der Waals surface area (Å²) >= 11 is 0.